The molecule has 0 bridgehead atoms. The first-order valence-electron chi connectivity index (χ1n) is 10.7. The van der Waals surface area contributed by atoms with Crippen molar-refractivity contribution in [3.05, 3.63) is 82.0 Å². The Morgan fingerprint density at radius 1 is 1.16 bits per heavy atom. The summed E-state index contributed by atoms with van der Waals surface area (Å²) in [6, 6.07) is 22.1. The molecule has 1 fully saturated rings. The van der Waals surface area contributed by atoms with E-state index >= 15 is 0 Å². The first-order valence-corrected chi connectivity index (χ1v) is 11.6. The van der Waals surface area contributed by atoms with Gasteiger partial charge in [0.15, 0.2) is 5.96 Å². The maximum absolute atomic E-state index is 13.2. The number of benzene rings is 2. The highest BCUT2D eigenvalue weighted by atomic mass is 32.1. The number of thiophene rings is 1. The van der Waals surface area contributed by atoms with Crippen LogP contribution in [0.2, 0.25) is 0 Å². The Balaban J connectivity index is 1.61. The summed E-state index contributed by atoms with van der Waals surface area (Å²) in [7, 11) is 1.66. The molecule has 2 N–H and O–H groups in total. The van der Waals surface area contributed by atoms with Gasteiger partial charge in [0.1, 0.15) is 0 Å². The van der Waals surface area contributed by atoms with Crippen LogP contribution in [0.4, 0.5) is 0 Å². The van der Waals surface area contributed by atoms with E-state index in [1.54, 1.807) is 24.5 Å². The lowest BCUT2D eigenvalue weighted by molar-refractivity contribution is -0.135. The summed E-state index contributed by atoms with van der Waals surface area (Å²) < 4.78 is 0. The van der Waals surface area contributed by atoms with Crippen molar-refractivity contribution in [1.29, 1.82) is 10.7 Å². The molecule has 0 radical (unpaired) electrons. The number of rotatable bonds is 6. The molecule has 32 heavy (non-hydrogen) atoms. The lowest BCUT2D eigenvalue weighted by Crippen LogP contribution is -2.63. The molecule has 1 aliphatic heterocycles. The van der Waals surface area contributed by atoms with Crippen LogP contribution in [0.3, 0.4) is 0 Å². The van der Waals surface area contributed by atoms with Gasteiger partial charge in [-0.15, -0.1) is 11.3 Å². The molecule has 1 aliphatic rings. The van der Waals surface area contributed by atoms with Gasteiger partial charge < -0.3 is 5.32 Å². The highest BCUT2D eigenvalue weighted by Gasteiger charge is 2.47. The quantitative estimate of drug-likeness (QED) is 0.555. The molecule has 2 heterocycles. The molecular formula is C26H26N4OS. The van der Waals surface area contributed by atoms with Gasteiger partial charge in [-0.3, -0.25) is 15.1 Å². The average molecular weight is 443 g/mol. The average Bonchev–Trinajstić information content (AvgIpc) is 3.32. The zero-order valence-electron chi connectivity index (χ0n) is 18.3. The second-order valence-electron chi connectivity index (χ2n) is 8.40. The Kier molecular flexibility index (Phi) is 6.11. The van der Waals surface area contributed by atoms with Crippen molar-refractivity contribution >= 4 is 23.2 Å². The fraction of sp³-hybridized carbons (Fsp3) is 0.269. The zero-order chi connectivity index (χ0) is 22.7. The van der Waals surface area contributed by atoms with Crippen molar-refractivity contribution in [2.75, 3.05) is 7.05 Å². The van der Waals surface area contributed by atoms with Gasteiger partial charge in [-0.25, -0.2) is 0 Å². The zero-order valence-corrected chi connectivity index (χ0v) is 19.1. The molecule has 2 unspecified atom stereocenters. The minimum absolute atomic E-state index is 0.0225. The Hall–Kier alpha value is -3.43. The van der Waals surface area contributed by atoms with Gasteiger partial charge in [-0.2, -0.15) is 5.26 Å². The molecule has 2 aromatic carbocycles. The molecule has 5 nitrogen and oxygen atoms in total. The first kappa shape index (κ1) is 21.8. The van der Waals surface area contributed by atoms with Crippen LogP contribution in [-0.4, -0.2) is 23.8 Å². The third kappa shape index (κ3) is 4.17. The van der Waals surface area contributed by atoms with Gasteiger partial charge in [-0.05, 0) is 66.5 Å². The lowest BCUT2D eigenvalue weighted by atomic mass is 9.78. The summed E-state index contributed by atoms with van der Waals surface area (Å²) in [5.74, 6) is -0.175. The van der Waals surface area contributed by atoms with E-state index in [0.717, 1.165) is 35.3 Å². The number of carbonyl (C=O) groups excluding carboxylic acids is 1. The van der Waals surface area contributed by atoms with Crippen molar-refractivity contribution in [1.82, 2.24) is 10.2 Å². The monoisotopic (exact) mass is 442 g/mol. The smallest absolute Gasteiger partial charge is 0.234 e. The van der Waals surface area contributed by atoms with Crippen LogP contribution in [0.5, 0.6) is 0 Å². The van der Waals surface area contributed by atoms with E-state index in [1.165, 1.54) is 10.5 Å². The van der Waals surface area contributed by atoms with Gasteiger partial charge in [0, 0.05) is 11.9 Å². The molecule has 0 saturated carbocycles. The molecule has 4 rings (SSSR count). The number of carbonyl (C=O) groups is 1. The standard InChI is InChI=1S/C26H26N4OS/c1-26(23-15-21(17-32-23)20-12-6-11-19(14-20)16-27)22(24(31)30(2)25(28)29-26)13-7-10-18-8-4-3-5-9-18/h3-6,8-9,11-12,14-15,17,22H,7,10,13H2,1-2H3,(H2,28,29). The fourth-order valence-corrected chi connectivity index (χ4v) is 5.43. The maximum atomic E-state index is 13.2. The van der Waals surface area contributed by atoms with E-state index in [0.29, 0.717) is 5.56 Å². The first-order chi connectivity index (χ1) is 15.4. The summed E-state index contributed by atoms with van der Waals surface area (Å²) in [5, 5.41) is 22.9. The fourth-order valence-electron chi connectivity index (χ4n) is 4.34. The Morgan fingerprint density at radius 3 is 2.69 bits per heavy atom. The van der Waals surface area contributed by atoms with Crippen LogP contribution < -0.4 is 5.32 Å². The lowest BCUT2D eigenvalue weighted by Gasteiger charge is -2.45. The SMILES string of the molecule is CN1C(=N)NC(C)(c2cc(-c3cccc(C#N)c3)cs2)C(CCCc2ccccc2)C1=O. The maximum Gasteiger partial charge on any atom is 0.234 e. The van der Waals surface area contributed by atoms with Crippen molar-refractivity contribution < 1.29 is 4.79 Å². The molecule has 1 saturated heterocycles. The Bertz CT molecular complexity index is 1180. The number of aryl methyl sites for hydroxylation is 1. The van der Waals surface area contributed by atoms with E-state index in [1.807, 2.05) is 43.3 Å². The third-order valence-corrected chi connectivity index (χ3v) is 7.44. The number of hydrogen-bond donors (Lipinski definition) is 2. The number of guanidine groups is 1. The van der Waals surface area contributed by atoms with E-state index in [-0.39, 0.29) is 17.8 Å². The highest BCUT2D eigenvalue weighted by Crippen LogP contribution is 2.41. The molecule has 3 aromatic rings. The van der Waals surface area contributed by atoms with Crippen LogP contribution in [0.25, 0.3) is 11.1 Å². The number of nitrogens with zero attached hydrogens (tertiary/aromatic N) is 2. The summed E-state index contributed by atoms with van der Waals surface area (Å²) in [5.41, 5.74) is 3.22. The molecule has 2 atom stereocenters. The van der Waals surface area contributed by atoms with Gasteiger partial charge in [0.2, 0.25) is 5.91 Å². The minimum Gasteiger partial charge on any atom is -0.345 e. The van der Waals surface area contributed by atoms with Gasteiger partial charge in [0.25, 0.3) is 0 Å². The Labute approximate surface area is 192 Å². The van der Waals surface area contributed by atoms with Crippen LogP contribution in [-0.2, 0) is 16.8 Å². The predicted octanol–water partition coefficient (Wildman–Crippen LogP) is 5.14. The molecule has 1 amide bonds. The van der Waals surface area contributed by atoms with Crippen LogP contribution in [0.1, 0.15) is 35.8 Å². The minimum atomic E-state index is -0.660. The molecule has 6 heteroatoms. The summed E-state index contributed by atoms with van der Waals surface area (Å²) in [6.07, 6.45) is 2.53. The van der Waals surface area contributed by atoms with Crippen LogP contribution >= 0.6 is 11.3 Å². The second-order valence-corrected chi connectivity index (χ2v) is 9.31. The van der Waals surface area contributed by atoms with Crippen molar-refractivity contribution in [2.45, 2.75) is 31.7 Å². The summed E-state index contributed by atoms with van der Waals surface area (Å²) in [4.78, 5) is 15.7. The predicted molar refractivity (Wildman–Crippen MR) is 128 cm³/mol. The van der Waals surface area contributed by atoms with E-state index in [4.69, 9.17) is 5.41 Å². The van der Waals surface area contributed by atoms with E-state index in [9.17, 15) is 10.1 Å². The topological polar surface area (TPSA) is 80.0 Å². The summed E-state index contributed by atoms with van der Waals surface area (Å²) in [6.45, 7) is 2.03. The number of nitriles is 1. The summed E-state index contributed by atoms with van der Waals surface area (Å²) >= 11 is 1.59. The van der Waals surface area contributed by atoms with Gasteiger partial charge in [-0.1, -0.05) is 42.5 Å². The largest absolute Gasteiger partial charge is 0.345 e. The van der Waals surface area contributed by atoms with Crippen molar-refractivity contribution in [2.24, 2.45) is 5.92 Å². The van der Waals surface area contributed by atoms with Gasteiger partial charge >= 0.3 is 0 Å². The van der Waals surface area contributed by atoms with E-state index < -0.39 is 5.54 Å². The van der Waals surface area contributed by atoms with Crippen molar-refractivity contribution in [3.8, 4) is 17.2 Å². The number of hydrogen-bond acceptors (Lipinski definition) is 4. The second kappa shape index (κ2) is 8.97. The molecule has 0 aliphatic carbocycles. The molecule has 1 aromatic heterocycles. The third-order valence-electron chi connectivity index (χ3n) is 6.28. The molecular weight excluding hydrogens is 416 g/mol. The molecule has 0 spiro atoms. The van der Waals surface area contributed by atoms with Crippen LogP contribution in [0, 0.1) is 22.7 Å². The van der Waals surface area contributed by atoms with Gasteiger partial charge in [0.05, 0.1) is 23.1 Å². The normalized spacial score (nSPS) is 20.7. The van der Waals surface area contributed by atoms with E-state index in [2.05, 4.69) is 35.0 Å². The Morgan fingerprint density at radius 2 is 1.94 bits per heavy atom. The molecule has 162 valence electrons. The highest BCUT2D eigenvalue weighted by molar-refractivity contribution is 7.10. The number of nitrogens with one attached hydrogen (secondary N) is 2. The van der Waals surface area contributed by atoms with Crippen molar-refractivity contribution in [3.63, 3.8) is 0 Å². The van der Waals surface area contributed by atoms with Crippen LogP contribution in [0.15, 0.2) is 66.0 Å². The number of amides is 1.